The summed E-state index contributed by atoms with van der Waals surface area (Å²) in [6.07, 6.45) is 3.72. The van der Waals surface area contributed by atoms with Crippen LogP contribution in [0.3, 0.4) is 0 Å². The van der Waals surface area contributed by atoms with Crippen LogP contribution in [-0.4, -0.2) is 44.2 Å². The Balaban J connectivity index is 1.64. The van der Waals surface area contributed by atoms with Crippen LogP contribution in [0.25, 0.3) is 0 Å². The zero-order chi connectivity index (χ0) is 13.5. The summed E-state index contributed by atoms with van der Waals surface area (Å²) >= 11 is 0. The van der Waals surface area contributed by atoms with Crippen molar-refractivity contribution in [1.29, 1.82) is 0 Å². The van der Waals surface area contributed by atoms with Crippen molar-refractivity contribution in [3.63, 3.8) is 0 Å². The quantitative estimate of drug-likeness (QED) is 0.797. The molecule has 0 bridgehead atoms. The van der Waals surface area contributed by atoms with Gasteiger partial charge in [-0.15, -0.1) is 0 Å². The van der Waals surface area contributed by atoms with Gasteiger partial charge in [0.05, 0.1) is 6.61 Å². The van der Waals surface area contributed by atoms with Crippen molar-refractivity contribution in [2.45, 2.75) is 32.2 Å². The van der Waals surface area contributed by atoms with Gasteiger partial charge in [0.2, 0.25) is 0 Å². The minimum absolute atomic E-state index is 0.673. The number of likely N-dealkylation sites (tertiary alicyclic amines) is 1. The highest BCUT2D eigenvalue weighted by Gasteiger charge is 2.17. The number of hydrogen-bond donors (Lipinski definition) is 1. The fourth-order valence-electron chi connectivity index (χ4n) is 2.68. The minimum Gasteiger partial charge on any atom is -0.494 e. The first kappa shape index (κ1) is 14.4. The molecule has 1 aromatic rings. The van der Waals surface area contributed by atoms with E-state index in [0.717, 1.165) is 25.3 Å². The lowest BCUT2D eigenvalue weighted by atomic mass is 10.1. The first-order chi connectivity index (χ1) is 9.28. The number of aryl methyl sites for hydroxylation is 1. The van der Waals surface area contributed by atoms with Crippen LogP contribution in [-0.2, 0) is 0 Å². The third-order valence-corrected chi connectivity index (χ3v) is 3.79. The Morgan fingerprint density at radius 2 is 2.32 bits per heavy atom. The van der Waals surface area contributed by atoms with Crippen molar-refractivity contribution < 1.29 is 4.74 Å². The molecule has 0 spiro atoms. The fraction of sp³-hybridized carbons (Fsp3) is 0.625. The molecule has 1 fully saturated rings. The van der Waals surface area contributed by atoms with Crippen molar-refractivity contribution in [3.05, 3.63) is 29.8 Å². The molecular weight excluding hydrogens is 236 g/mol. The third kappa shape index (κ3) is 4.84. The molecule has 0 aromatic heterocycles. The lowest BCUT2D eigenvalue weighted by Crippen LogP contribution is -2.44. The molecular formula is C16H26N2O. The maximum Gasteiger partial charge on any atom is 0.119 e. The summed E-state index contributed by atoms with van der Waals surface area (Å²) in [7, 11) is 2.06. The molecule has 0 aliphatic carbocycles. The van der Waals surface area contributed by atoms with E-state index in [-0.39, 0.29) is 0 Å². The van der Waals surface area contributed by atoms with Crippen molar-refractivity contribution in [3.8, 4) is 5.75 Å². The molecule has 1 saturated heterocycles. The Kier molecular flexibility index (Phi) is 5.67. The van der Waals surface area contributed by atoms with Crippen molar-refractivity contribution in [2.24, 2.45) is 0 Å². The monoisotopic (exact) mass is 262 g/mol. The maximum absolute atomic E-state index is 5.79. The average molecular weight is 262 g/mol. The van der Waals surface area contributed by atoms with E-state index in [1.165, 1.54) is 31.5 Å². The van der Waals surface area contributed by atoms with E-state index < -0.39 is 0 Å². The van der Waals surface area contributed by atoms with E-state index >= 15 is 0 Å². The number of hydrogen-bond acceptors (Lipinski definition) is 3. The summed E-state index contributed by atoms with van der Waals surface area (Å²) in [4.78, 5) is 2.55. The number of rotatable bonds is 6. The molecule has 19 heavy (non-hydrogen) atoms. The van der Waals surface area contributed by atoms with Crippen molar-refractivity contribution >= 4 is 0 Å². The standard InChI is InChI=1S/C16H26N2O/c1-14-6-3-8-16(12-14)19-11-5-10-18-9-4-7-15(13-18)17-2/h3,6,8,12,15,17H,4-5,7,9-11,13H2,1-2H3. The summed E-state index contributed by atoms with van der Waals surface area (Å²) < 4.78 is 5.79. The van der Waals surface area contributed by atoms with E-state index in [2.05, 4.69) is 36.3 Å². The summed E-state index contributed by atoms with van der Waals surface area (Å²) in [5, 5.41) is 3.38. The summed E-state index contributed by atoms with van der Waals surface area (Å²) in [5.74, 6) is 0.992. The molecule has 1 aliphatic rings. The largest absolute Gasteiger partial charge is 0.494 e. The summed E-state index contributed by atoms with van der Waals surface area (Å²) in [5.41, 5.74) is 1.25. The number of benzene rings is 1. The summed E-state index contributed by atoms with van der Waals surface area (Å²) in [6.45, 7) is 6.47. The van der Waals surface area contributed by atoms with Crippen LogP contribution >= 0.6 is 0 Å². The number of nitrogens with one attached hydrogen (secondary N) is 1. The van der Waals surface area contributed by atoms with Crippen molar-refractivity contribution in [2.75, 3.05) is 33.3 Å². The zero-order valence-corrected chi connectivity index (χ0v) is 12.2. The fourth-order valence-corrected chi connectivity index (χ4v) is 2.68. The van der Waals surface area contributed by atoms with Gasteiger partial charge in [0.1, 0.15) is 5.75 Å². The molecule has 3 heteroatoms. The molecule has 1 heterocycles. The predicted molar refractivity (Wildman–Crippen MR) is 79.8 cm³/mol. The highest BCUT2D eigenvalue weighted by Crippen LogP contribution is 2.13. The second-order valence-corrected chi connectivity index (χ2v) is 5.45. The first-order valence-corrected chi connectivity index (χ1v) is 7.37. The Bertz CT molecular complexity index is 381. The predicted octanol–water partition coefficient (Wildman–Crippen LogP) is 2.45. The Labute approximate surface area is 116 Å². The second-order valence-electron chi connectivity index (χ2n) is 5.45. The van der Waals surface area contributed by atoms with Gasteiger partial charge in [-0.25, -0.2) is 0 Å². The first-order valence-electron chi connectivity index (χ1n) is 7.37. The van der Waals surface area contributed by atoms with Gasteiger partial charge in [-0.05, 0) is 57.5 Å². The average Bonchev–Trinajstić information content (AvgIpc) is 2.44. The molecule has 0 radical (unpaired) electrons. The van der Waals surface area contributed by atoms with Gasteiger partial charge in [-0.1, -0.05) is 12.1 Å². The lowest BCUT2D eigenvalue weighted by molar-refractivity contribution is 0.179. The second kappa shape index (κ2) is 7.51. The van der Waals surface area contributed by atoms with Gasteiger partial charge in [0, 0.05) is 19.1 Å². The molecule has 0 saturated carbocycles. The lowest BCUT2D eigenvalue weighted by Gasteiger charge is -2.32. The Morgan fingerprint density at radius 3 is 3.11 bits per heavy atom. The molecule has 3 nitrogen and oxygen atoms in total. The van der Waals surface area contributed by atoms with Gasteiger partial charge in [-0.2, -0.15) is 0 Å². The van der Waals surface area contributed by atoms with Gasteiger partial charge in [0.15, 0.2) is 0 Å². The van der Waals surface area contributed by atoms with Gasteiger partial charge < -0.3 is 15.0 Å². The van der Waals surface area contributed by atoms with Gasteiger partial charge >= 0.3 is 0 Å². The Hall–Kier alpha value is -1.06. The van der Waals surface area contributed by atoms with E-state index in [1.54, 1.807) is 0 Å². The highest BCUT2D eigenvalue weighted by molar-refractivity contribution is 5.27. The number of ether oxygens (including phenoxy) is 1. The van der Waals surface area contributed by atoms with Crippen LogP contribution in [0, 0.1) is 6.92 Å². The van der Waals surface area contributed by atoms with Crippen molar-refractivity contribution in [1.82, 2.24) is 10.2 Å². The number of nitrogens with zero attached hydrogens (tertiary/aromatic N) is 1. The van der Waals surface area contributed by atoms with E-state index in [1.807, 2.05) is 12.1 Å². The zero-order valence-electron chi connectivity index (χ0n) is 12.2. The summed E-state index contributed by atoms with van der Waals surface area (Å²) in [6, 6.07) is 8.94. The SMILES string of the molecule is CNC1CCCN(CCCOc2cccc(C)c2)C1. The molecule has 2 rings (SSSR count). The van der Waals surface area contributed by atoms with Gasteiger partial charge in [0.25, 0.3) is 0 Å². The highest BCUT2D eigenvalue weighted by atomic mass is 16.5. The van der Waals surface area contributed by atoms with Crippen LogP contribution in [0.5, 0.6) is 5.75 Å². The molecule has 1 unspecified atom stereocenters. The molecule has 1 aliphatic heterocycles. The third-order valence-electron chi connectivity index (χ3n) is 3.79. The smallest absolute Gasteiger partial charge is 0.119 e. The normalized spacial score (nSPS) is 20.4. The van der Waals surface area contributed by atoms with Gasteiger partial charge in [-0.3, -0.25) is 0 Å². The maximum atomic E-state index is 5.79. The van der Waals surface area contributed by atoms with Crippen LogP contribution in [0.15, 0.2) is 24.3 Å². The number of piperidine rings is 1. The topological polar surface area (TPSA) is 24.5 Å². The van der Waals surface area contributed by atoms with E-state index in [4.69, 9.17) is 4.74 Å². The molecule has 0 amide bonds. The van der Waals surface area contributed by atoms with Crippen LogP contribution in [0.4, 0.5) is 0 Å². The minimum atomic E-state index is 0.673. The number of likely N-dealkylation sites (N-methyl/N-ethyl adjacent to an activating group) is 1. The van der Waals surface area contributed by atoms with Crippen LogP contribution in [0.2, 0.25) is 0 Å². The van der Waals surface area contributed by atoms with Crippen LogP contribution in [0.1, 0.15) is 24.8 Å². The molecule has 1 N–H and O–H groups in total. The molecule has 1 aromatic carbocycles. The van der Waals surface area contributed by atoms with E-state index in [0.29, 0.717) is 6.04 Å². The Morgan fingerprint density at radius 1 is 1.42 bits per heavy atom. The molecule has 106 valence electrons. The molecule has 1 atom stereocenters. The van der Waals surface area contributed by atoms with Crippen LogP contribution < -0.4 is 10.1 Å². The van der Waals surface area contributed by atoms with E-state index in [9.17, 15) is 0 Å².